The third-order valence-electron chi connectivity index (χ3n) is 3.43. The van der Waals surface area contributed by atoms with Gasteiger partial charge in [0.1, 0.15) is 5.76 Å². The molecule has 4 nitrogen and oxygen atoms in total. The highest BCUT2D eigenvalue weighted by Gasteiger charge is 2.18. The van der Waals surface area contributed by atoms with Crippen LogP contribution in [-0.2, 0) is 11.3 Å². The van der Waals surface area contributed by atoms with E-state index in [1.807, 2.05) is 17.8 Å². The van der Waals surface area contributed by atoms with Crippen LogP contribution in [0.5, 0.6) is 0 Å². The lowest BCUT2D eigenvalue weighted by Crippen LogP contribution is -2.23. The Kier molecular flexibility index (Phi) is 4.20. The Morgan fingerprint density at radius 3 is 3.05 bits per heavy atom. The van der Waals surface area contributed by atoms with Gasteiger partial charge < -0.3 is 14.1 Å². The normalized spacial score (nSPS) is 14.4. The van der Waals surface area contributed by atoms with Gasteiger partial charge in [0, 0.05) is 11.4 Å². The average Bonchev–Trinajstić information content (AvgIpc) is 2.89. The standard InChI is InChI=1S/C16H17NO3S/c1-19-16(18)14-8-7-12(20-14)11-17-9-4-10-21-15-6-3-2-5-13(15)17/h2-3,5-8H,4,9-11H2,1H3. The second kappa shape index (κ2) is 6.26. The number of thioether (sulfide) groups is 1. The minimum atomic E-state index is -0.437. The summed E-state index contributed by atoms with van der Waals surface area (Å²) in [6.45, 7) is 1.65. The molecule has 110 valence electrons. The molecular weight excluding hydrogens is 286 g/mol. The van der Waals surface area contributed by atoms with E-state index in [2.05, 4.69) is 33.9 Å². The zero-order chi connectivity index (χ0) is 14.7. The summed E-state index contributed by atoms with van der Waals surface area (Å²) in [5, 5.41) is 0. The summed E-state index contributed by atoms with van der Waals surface area (Å²) >= 11 is 1.89. The highest BCUT2D eigenvalue weighted by atomic mass is 32.2. The molecule has 0 saturated heterocycles. The van der Waals surface area contributed by atoms with Gasteiger partial charge in [-0.15, -0.1) is 11.8 Å². The van der Waals surface area contributed by atoms with Gasteiger partial charge in [-0.05, 0) is 36.4 Å². The van der Waals surface area contributed by atoms with E-state index < -0.39 is 5.97 Å². The minimum Gasteiger partial charge on any atom is -0.463 e. The average molecular weight is 303 g/mol. The van der Waals surface area contributed by atoms with E-state index in [4.69, 9.17) is 4.42 Å². The number of carbonyl (C=O) groups excluding carboxylic acids is 1. The topological polar surface area (TPSA) is 42.7 Å². The molecule has 0 amide bonds. The number of furan rings is 1. The van der Waals surface area contributed by atoms with Crippen LogP contribution >= 0.6 is 11.8 Å². The molecule has 0 spiro atoms. The van der Waals surface area contributed by atoms with Gasteiger partial charge in [-0.25, -0.2) is 4.79 Å². The third-order valence-corrected chi connectivity index (χ3v) is 4.58. The largest absolute Gasteiger partial charge is 0.463 e. The van der Waals surface area contributed by atoms with Crippen LogP contribution in [0, 0.1) is 0 Å². The van der Waals surface area contributed by atoms with Gasteiger partial charge in [0.05, 0.1) is 19.3 Å². The molecule has 0 radical (unpaired) electrons. The molecule has 1 aromatic heterocycles. The fraction of sp³-hybridized carbons (Fsp3) is 0.312. The van der Waals surface area contributed by atoms with Gasteiger partial charge in [-0.3, -0.25) is 0 Å². The van der Waals surface area contributed by atoms with Crippen LogP contribution in [0.4, 0.5) is 5.69 Å². The van der Waals surface area contributed by atoms with Crippen LogP contribution in [-0.4, -0.2) is 25.4 Å². The minimum absolute atomic E-state index is 0.255. The summed E-state index contributed by atoms with van der Waals surface area (Å²) < 4.78 is 10.2. The van der Waals surface area contributed by atoms with Crippen molar-refractivity contribution in [3.63, 3.8) is 0 Å². The number of hydrogen-bond acceptors (Lipinski definition) is 5. The zero-order valence-corrected chi connectivity index (χ0v) is 12.7. The summed E-state index contributed by atoms with van der Waals surface area (Å²) in [4.78, 5) is 15.0. The second-order valence-corrected chi connectivity index (χ2v) is 5.99. The number of carbonyl (C=O) groups is 1. The first-order chi connectivity index (χ1) is 10.3. The molecule has 1 aliphatic rings. The predicted molar refractivity (Wildman–Crippen MR) is 82.9 cm³/mol. The molecule has 2 aromatic rings. The van der Waals surface area contributed by atoms with Crippen molar-refractivity contribution in [2.24, 2.45) is 0 Å². The van der Waals surface area contributed by atoms with Crippen molar-refractivity contribution in [3.8, 4) is 0 Å². The van der Waals surface area contributed by atoms with Crippen LogP contribution in [0.15, 0.2) is 45.7 Å². The predicted octanol–water partition coefficient (Wildman–Crippen LogP) is 3.57. The van der Waals surface area contributed by atoms with Crippen molar-refractivity contribution < 1.29 is 13.9 Å². The summed E-state index contributed by atoms with van der Waals surface area (Å²) in [5.41, 5.74) is 1.23. The molecule has 0 saturated carbocycles. The molecule has 0 fully saturated rings. The molecule has 5 heteroatoms. The van der Waals surface area contributed by atoms with E-state index >= 15 is 0 Å². The first kappa shape index (κ1) is 14.1. The number of esters is 1. The molecule has 21 heavy (non-hydrogen) atoms. The van der Waals surface area contributed by atoms with Crippen LogP contribution in [0.25, 0.3) is 0 Å². The van der Waals surface area contributed by atoms with Gasteiger partial charge in [-0.2, -0.15) is 0 Å². The zero-order valence-electron chi connectivity index (χ0n) is 11.9. The van der Waals surface area contributed by atoms with Crippen LogP contribution in [0.1, 0.15) is 22.7 Å². The first-order valence-electron chi connectivity index (χ1n) is 6.92. The molecule has 0 bridgehead atoms. The number of hydrogen-bond donors (Lipinski definition) is 0. The summed E-state index contributed by atoms with van der Waals surface area (Å²) in [6, 6.07) is 11.9. The number of fused-ring (bicyclic) bond motifs is 1. The highest BCUT2D eigenvalue weighted by molar-refractivity contribution is 7.99. The Balaban J connectivity index is 1.81. The smallest absolute Gasteiger partial charge is 0.373 e. The number of ether oxygens (including phenoxy) is 1. The number of benzene rings is 1. The first-order valence-corrected chi connectivity index (χ1v) is 7.90. The van der Waals surface area contributed by atoms with Crippen molar-refractivity contribution in [2.75, 3.05) is 24.3 Å². The molecule has 3 rings (SSSR count). The van der Waals surface area contributed by atoms with Crippen molar-refractivity contribution in [2.45, 2.75) is 17.9 Å². The number of rotatable bonds is 3. The molecule has 0 unspecified atom stereocenters. The maximum absolute atomic E-state index is 11.4. The Bertz CT molecular complexity index is 638. The number of anilines is 1. The fourth-order valence-corrected chi connectivity index (χ4v) is 3.44. The monoisotopic (exact) mass is 303 g/mol. The lowest BCUT2D eigenvalue weighted by molar-refractivity contribution is 0.0563. The van der Waals surface area contributed by atoms with Crippen molar-refractivity contribution >= 4 is 23.4 Å². The van der Waals surface area contributed by atoms with E-state index in [9.17, 15) is 4.79 Å². The van der Waals surface area contributed by atoms with E-state index in [-0.39, 0.29) is 5.76 Å². The summed E-state index contributed by atoms with van der Waals surface area (Å²) in [5.74, 6) is 1.72. The van der Waals surface area contributed by atoms with Crippen LogP contribution in [0.2, 0.25) is 0 Å². The maximum atomic E-state index is 11.4. The van der Waals surface area contributed by atoms with Crippen molar-refractivity contribution in [1.29, 1.82) is 0 Å². The lowest BCUT2D eigenvalue weighted by atomic mass is 10.2. The van der Waals surface area contributed by atoms with Crippen LogP contribution < -0.4 is 4.90 Å². The fourth-order valence-electron chi connectivity index (χ4n) is 2.42. The maximum Gasteiger partial charge on any atom is 0.373 e. The Morgan fingerprint density at radius 1 is 1.33 bits per heavy atom. The van der Waals surface area contributed by atoms with Crippen LogP contribution in [0.3, 0.4) is 0 Å². The molecule has 0 atom stereocenters. The van der Waals surface area contributed by atoms with Crippen molar-refractivity contribution in [3.05, 3.63) is 47.9 Å². The Morgan fingerprint density at radius 2 is 2.19 bits per heavy atom. The van der Waals surface area contributed by atoms with Gasteiger partial charge in [0.2, 0.25) is 5.76 Å². The SMILES string of the molecule is COC(=O)c1ccc(CN2CCCSc3ccccc32)o1. The molecule has 2 heterocycles. The molecule has 1 aromatic carbocycles. The number of methoxy groups -OCH3 is 1. The van der Waals surface area contributed by atoms with Gasteiger partial charge in [-0.1, -0.05) is 12.1 Å². The number of nitrogens with zero attached hydrogens (tertiary/aromatic N) is 1. The third kappa shape index (κ3) is 3.08. The highest BCUT2D eigenvalue weighted by Crippen LogP contribution is 2.34. The molecule has 0 aliphatic carbocycles. The molecular formula is C16H17NO3S. The van der Waals surface area contributed by atoms with E-state index in [1.54, 1.807) is 6.07 Å². The van der Waals surface area contributed by atoms with Gasteiger partial charge in [0.25, 0.3) is 0 Å². The van der Waals surface area contributed by atoms with E-state index in [0.29, 0.717) is 6.54 Å². The van der Waals surface area contributed by atoms with Crippen molar-refractivity contribution in [1.82, 2.24) is 0 Å². The molecule has 0 N–H and O–H groups in total. The van der Waals surface area contributed by atoms with Gasteiger partial charge in [0.15, 0.2) is 0 Å². The quantitative estimate of drug-likeness (QED) is 0.811. The van der Waals surface area contributed by atoms with E-state index in [0.717, 1.165) is 24.5 Å². The number of para-hydroxylation sites is 1. The lowest BCUT2D eigenvalue weighted by Gasteiger charge is -2.23. The van der Waals surface area contributed by atoms with Gasteiger partial charge >= 0.3 is 5.97 Å². The molecule has 1 aliphatic heterocycles. The second-order valence-electron chi connectivity index (χ2n) is 4.85. The Labute approximate surface area is 128 Å². The summed E-state index contributed by atoms with van der Waals surface area (Å²) in [7, 11) is 1.35. The Hall–Kier alpha value is -1.88. The van der Waals surface area contributed by atoms with E-state index in [1.165, 1.54) is 17.7 Å². The summed E-state index contributed by atoms with van der Waals surface area (Å²) in [6.07, 6.45) is 1.13.